The Hall–Kier alpha value is -0.620. The molecule has 0 bridgehead atoms. The lowest BCUT2D eigenvalue weighted by Gasteiger charge is -2.21. The summed E-state index contributed by atoms with van der Waals surface area (Å²) in [6.45, 7) is 5.19. The number of carbonyl (C=O) groups excluding carboxylic acids is 1. The fourth-order valence-corrected chi connectivity index (χ4v) is 1.59. The molecule has 1 N–H and O–H groups in total. The average Bonchev–Trinajstić information content (AvgIpc) is 2.13. The highest BCUT2D eigenvalue weighted by atomic mass is 32.2. The third-order valence-corrected chi connectivity index (χ3v) is 2.49. The maximum absolute atomic E-state index is 11.6. The van der Waals surface area contributed by atoms with Gasteiger partial charge in [0.2, 0.25) is 15.9 Å². The summed E-state index contributed by atoms with van der Waals surface area (Å²) in [7, 11) is -3.28. The van der Waals surface area contributed by atoms with E-state index in [-0.39, 0.29) is 12.5 Å². The minimum Gasteiger partial charge on any atom is -0.342 e. The Labute approximate surface area is 91.9 Å². The van der Waals surface area contributed by atoms with Crippen molar-refractivity contribution in [3.05, 3.63) is 0 Å². The molecule has 0 radical (unpaired) electrons. The van der Waals surface area contributed by atoms with Crippen LogP contribution in [0.15, 0.2) is 0 Å². The number of nitrogens with zero attached hydrogens (tertiary/aromatic N) is 1. The third-order valence-electron chi connectivity index (χ3n) is 1.83. The molecule has 0 spiro atoms. The van der Waals surface area contributed by atoms with E-state index < -0.39 is 10.0 Å². The highest BCUT2D eigenvalue weighted by molar-refractivity contribution is 7.88. The number of nitrogens with one attached hydrogen (secondary N) is 1. The number of rotatable bonds is 7. The molecule has 0 fully saturated rings. The van der Waals surface area contributed by atoms with E-state index in [4.69, 9.17) is 0 Å². The van der Waals surface area contributed by atoms with Gasteiger partial charge >= 0.3 is 0 Å². The van der Waals surface area contributed by atoms with Gasteiger partial charge in [0.25, 0.3) is 0 Å². The van der Waals surface area contributed by atoms with Gasteiger partial charge in [0.1, 0.15) is 0 Å². The first-order chi connectivity index (χ1) is 6.90. The van der Waals surface area contributed by atoms with Crippen molar-refractivity contribution < 1.29 is 13.2 Å². The Morgan fingerprint density at radius 1 is 1.20 bits per heavy atom. The smallest absolute Gasteiger partial charge is 0.237 e. The molecular formula is C9H20N2O3S. The lowest BCUT2D eigenvalue weighted by molar-refractivity contribution is -0.130. The summed E-state index contributed by atoms with van der Waals surface area (Å²) in [5.74, 6) is -0.163. The molecule has 0 heterocycles. The predicted octanol–water partition coefficient (Wildman–Crippen LogP) is 0.184. The van der Waals surface area contributed by atoms with E-state index in [0.29, 0.717) is 13.1 Å². The Kier molecular flexibility index (Phi) is 6.51. The quantitative estimate of drug-likeness (QED) is 0.686. The predicted molar refractivity (Wildman–Crippen MR) is 60.0 cm³/mol. The maximum Gasteiger partial charge on any atom is 0.237 e. The first kappa shape index (κ1) is 14.4. The lowest BCUT2D eigenvalue weighted by atomic mass is 10.3. The van der Waals surface area contributed by atoms with Gasteiger partial charge in [0.15, 0.2) is 0 Å². The highest BCUT2D eigenvalue weighted by Gasteiger charge is 2.13. The topological polar surface area (TPSA) is 66.5 Å². The van der Waals surface area contributed by atoms with Crippen molar-refractivity contribution in [3.8, 4) is 0 Å². The minimum absolute atomic E-state index is 0.140. The molecule has 1 amide bonds. The number of hydrogen-bond acceptors (Lipinski definition) is 3. The van der Waals surface area contributed by atoms with Crippen LogP contribution in [-0.2, 0) is 14.8 Å². The second-order valence-electron chi connectivity index (χ2n) is 3.47. The summed E-state index contributed by atoms with van der Waals surface area (Å²) in [6.07, 6.45) is 2.81. The molecule has 0 saturated heterocycles. The summed E-state index contributed by atoms with van der Waals surface area (Å²) >= 11 is 0. The van der Waals surface area contributed by atoms with Gasteiger partial charge in [-0.05, 0) is 12.8 Å². The standard InChI is InChI=1S/C9H20N2O3S/c1-4-6-11(7-5-2)9(12)8-10-15(3,13)14/h10H,4-8H2,1-3H3. The van der Waals surface area contributed by atoms with Crippen LogP contribution >= 0.6 is 0 Å². The fraction of sp³-hybridized carbons (Fsp3) is 0.889. The summed E-state index contributed by atoms with van der Waals surface area (Å²) in [5, 5.41) is 0. The normalized spacial score (nSPS) is 11.4. The molecule has 0 aliphatic heterocycles. The zero-order valence-corrected chi connectivity index (χ0v) is 10.4. The van der Waals surface area contributed by atoms with E-state index in [0.717, 1.165) is 19.1 Å². The highest BCUT2D eigenvalue weighted by Crippen LogP contribution is 1.94. The van der Waals surface area contributed by atoms with Crippen molar-refractivity contribution in [3.63, 3.8) is 0 Å². The number of amides is 1. The molecule has 90 valence electrons. The van der Waals surface area contributed by atoms with E-state index in [1.54, 1.807) is 4.90 Å². The largest absolute Gasteiger partial charge is 0.342 e. The fourth-order valence-electron chi connectivity index (χ4n) is 1.21. The van der Waals surface area contributed by atoms with Crippen LogP contribution in [0.4, 0.5) is 0 Å². The molecule has 6 heteroatoms. The van der Waals surface area contributed by atoms with Crippen molar-refractivity contribution in [2.24, 2.45) is 0 Å². The van der Waals surface area contributed by atoms with Gasteiger partial charge in [0, 0.05) is 13.1 Å². The van der Waals surface area contributed by atoms with E-state index in [1.165, 1.54) is 0 Å². The van der Waals surface area contributed by atoms with Crippen molar-refractivity contribution in [2.75, 3.05) is 25.9 Å². The molecule has 0 aromatic rings. The van der Waals surface area contributed by atoms with Crippen LogP contribution in [0.2, 0.25) is 0 Å². The van der Waals surface area contributed by atoms with Gasteiger partial charge in [-0.2, -0.15) is 0 Å². The molecule has 0 saturated carbocycles. The number of carbonyl (C=O) groups is 1. The van der Waals surface area contributed by atoms with Crippen LogP contribution < -0.4 is 4.72 Å². The van der Waals surface area contributed by atoms with E-state index >= 15 is 0 Å². The monoisotopic (exact) mass is 236 g/mol. The first-order valence-corrected chi connectivity index (χ1v) is 7.02. The van der Waals surface area contributed by atoms with Crippen molar-refractivity contribution in [2.45, 2.75) is 26.7 Å². The van der Waals surface area contributed by atoms with Gasteiger partial charge in [-0.3, -0.25) is 4.79 Å². The van der Waals surface area contributed by atoms with Gasteiger partial charge in [-0.15, -0.1) is 0 Å². The summed E-state index contributed by atoms with van der Waals surface area (Å²) in [5.41, 5.74) is 0. The molecule has 5 nitrogen and oxygen atoms in total. The molecule has 0 rings (SSSR count). The summed E-state index contributed by atoms with van der Waals surface area (Å²) < 4.78 is 23.8. The van der Waals surface area contributed by atoms with Gasteiger partial charge < -0.3 is 4.90 Å². The van der Waals surface area contributed by atoms with Crippen molar-refractivity contribution >= 4 is 15.9 Å². The van der Waals surface area contributed by atoms with E-state index in [2.05, 4.69) is 4.72 Å². The van der Waals surface area contributed by atoms with Crippen LogP contribution in [0.3, 0.4) is 0 Å². The third kappa shape index (κ3) is 7.33. The molecular weight excluding hydrogens is 216 g/mol. The second kappa shape index (κ2) is 6.79. The molecule has 0 aromatic carbocycles. The van der Waals surface area contributed by atoms with Crippen molar-refractivity contribution in [1.29, 1.82) is 0 Å². The van der Waals surface area contributed by atoms with Crippen molar-refractivity contribution in [1.82, 2.24) is 9.62 Å². The van der Waals surface area contributed by atoms with E-state index in [1.807, 2.05) is 13.8 Å². The molecule has 0 aliphatic rings. The van der Waals surface area contributed by atoms with Crippen LogP contribution in [0.1, 0.15) is 26.7 Å². The summed E-state index contributed by atoms with van der Waals surface area (Å²) in [4.78, 5) is 13.2. The maximum atomic E-state index is 11.6. The van der Waals surface area contributed by atoms with Gasteiger partial charge in [-0.25, -0.2) is 13.1 Å². The second-order valence-corrected chi connectivity index (χ2v) is 5.31. The van der Waals surface area contributed by atoms with Crippen LogP contribution in [-0.4, -0.2) is 45.1 Å². The zero-order chi connectivity index (χ0) is 11.9. The Morgan fingerprint density at radius 3 is 2.00 bits per heavy atom. The van der Waals surface area contributed by atoms with Gasteiger partial charge in [-0.1, -0.05) is 13.8 Å². The minimum atomic E-state index is -3.28. The summed E-state index contributed by atoms with van der Waals surface area (Å²) in [6, 6.07) is 0. The van der Waals surface area contributed by atoms with Crippen LogP contribution in [0.25, 0.3) is 0 Å². The molecule has 0 aromatic heterocycles. The van der Waals surface area contributed by atoms with E-state index in [9.17, 15) is 13.2 Å². The zero-order valence-electron chi connectivity index (χ0n) is 9.62. The average molecular weight is 236 g/mol. The lowest BCUT2D eigenvalue weighted by Crippen LogP contribution is -2.40. The number of sulfonamides is 1. The molecule has 0 unspecified atom stereocenters. The molecule has 15 heavy (non-hydrogen) atoms. The van der Waals surface area contributed by atoms with Crippen LogP contribution in [0, 0.1) is 0 Å². The molecule has 0 aliphatic carbocycles. The van der Waals surface area contributed by atoms with Crippen LogP contribution in [0.5, 0.6) is 0 Å². The SMILES string of the molecule is CCCN(CCC)C(=O)CNS(C)(=O)=O. The Bertz CT molecular complexity index is 282. The first-order valence-electron chi connectivity index (χ1n) is 5.13. The van der Waals surface area contributed by atoms with Gasteiger partial charge in [0.05, 0.1) is 12.8 Å². The number of hydrogen-bond donors (Lipinski definition) is 1. The molecule has 0 atom stereocenters. The Balaban J connectivity index is 4.13. The Morgan fingerprint density at radius 2 is 1.67 bits per heavy atom.